The van der Waals surface area contributed by atoms with Crippen molar-refractivity contribution in [2.75, 3.05) is 0 Å². The molecule has 2 rings (SSSR count). The Morgan fingerprint density at radius 2 is 2.10 bits per heavy atom. The van der Waals surface area contributed by atoms with E-state index in [2.05, 4.69) is 5.10 Å². The molecule has 0 radical (unpaired) electrons. The average Bonchev–Trinajstić information content (AvgIpc) is 2.78. The highest BCUT2D eigenvalue weighted by Crippen LogP contribution is 2.24. The number of rotatable bonds is 5. The third kappa shape index (κ3) is 3.00. The number of ketones is 1. The number of benzene rings is 1. The number of hydrogen-bond acceptors (Lipinski definition) is 2. The molecule has 1 aromatic heterocycles. The van der Waals surface area contributed by atoms with Crippen molar-refractivity contribution in [3.05, 3.63) is 51.6 Å². The quantitative estimate of drug-likeness (QED) is 0.783. The summed E-state index contributed by atoms with van der Waals surface area (Å²) in [6, 6.07) is 4.83. The highest BCUT2D eigenvalue weighted by molar-refractivity contribution is 6.32. The lowest BCUT2D eigenvalue weighted by molar-refractivity contribution is 0.0986. The minimum atomic E-state index is -0.461. The third-order valence-electron chi connectivity index (χ3n) is 3.51. The van der Waals surface area contributed by atoms with Crippen LogP contribution in [0.15, 0.2) is 18.2 Å². The average molecular weight is 309 g/mol. The molecule has 0 spiro atoms. The zero-order valence-electron chi connectivity index (χ0n) is 12.4. The molecule has 0 saturated heterocycles. The van der Waals surface area contributed by atoms with Crippen LogP contribution in [-0.2, 0) is 19.4 Å². The van der Waals surface area contributed by atoms with Gasteiger partial charge in [0.25, 0.3) is 0 Å². The Morgan fingerprint density at radius 3 is 2.71 bits per heavy atom. The van der Waals surface area contributed by atoms with E-state index < -0.39 is 5.82 Å². The van der Waals surface area contributed by atoms with E-state index in [0.29, 0.717) is 29.2 Å². The number of Topliss-reactive ketones (excluding diaryl/α,β-unsaturated/α-hetero) is 1. The first-order valence-electron chi connectivity index (χ1n) is 7.01. The Balaban J connectivity index is 2.36. The largest absolute Gasteiger partial charge is 0.294 e. The van der Waals surface area contributed by atoms with Gasteiger partial charge in [0.2, 0.25) is 0 Å². The number of aryl methyl sites for hydroxylation is 3. The standard InChI is InChI=1S/C16H18ClFN2O/c1-4-12-15(17)13(20(5-2)19-12)9-14(21)11-8-6-7-10(3)16(11)18/h6-8H,4-5,9H2,1-3H3. The van der Waals surface area contributed by atoms with Gasteiger partial charge in [0, 0.05) is 6.54 Å². The van der Waals surface area contributed by atoms with Crippen LogP contribution in [0.5, 0.6) is 0 Å². The fraction of sp³-hybridized carbons (Fsp3) is 0.375. The van der Waals surface area contributed by atoms with Crippen molar-refractivity contribution in [1.29, 1.82) is 0 Å². The van der Waals surface area contributed by atoms with E-state index >= 15 is 0 Å². The minimum absolute atomic E-state index is 0.0556. The van der Waals surface area contributed by atoms with Gasteiger partial charge in [-0.15, -0.1) is 0 Å². The highest BCUT2D eigenvalue weighted by Gasteiger charge is 2.20. The first-order chi connectivity index (χ1) is 9.99. The Kier molecular flexibility index (Phi) is 4.78. The van der Waals surface area contributed by atoms with Crippen LogP contribution in [0, 0.1) is 12.7 Å². The van der Waals surface area contributed by atoms with E-state index in [-0.39, 0.29) is 17.8 Å². The molecule has 0 bridgehead atoms. The second-order valence-electron chi connectivity index (χ2n) is 4.91. The van der Waals surface area contributed by atoms with Crippen LogP contribution >= 0.6 is 11.6 Å². The number of hydrogen-bond donors (Lipinski definition) is 0. The van der Waals surface area contributed by atoms with Gasteiger partial charge in [-0.2, -0.15) is 5.10 Å². The third-order valence-corrected chi connectivity index (χ3v) is 3.95. The van der Waals surface area contributed by atoms with Crippen molar-refractivity contribution < 1.29 is 9.18 Å². The van der Waals surface area contributed by atoms with Crippen molar-refractivity contribution in [3.8, 4) is 0 Å². The summed E-state index contributed by atoms with van der Waals surface area (Å²) in [5.74, 6) is -0.743. The fourth-order valence-corrected chi connectivity index (χ4v) is 2.63. The molecule has 3 nitrogen and oxygen atoms in total. The lowest BCUT2D eigenvalue weighted by Crippen LogP contribution is -2.12. The maximum absolute atomic E-state index is 14.0. The molecule has 0 atom stereocenters. The van der Waals surface area contributed by atoms with Crippen molar-refractivity contribution >= 4 is 17.4 Å². The summed E-state index contributed by atoms with van der Waals surface area (Å²) < 4.78 is 15.7. The van der Waals surface area contributed by atoms with Gasteiger partial charge in [-0.1, -0.05) is 30.7 Å². The molecule has 5 heteroatoms. The first kappa shape index (κ1) is 15.7. The monoisotopic (exact) mass is 308 g/mol. The summed E-state index contributed by atoms with van der Waals surface area (Å²) in [6.07, 6.45) is 0.756. The summed E-state index contributed by atoms with van der Waals surface area (Å²) in [4.78, 5) is 12.4. The Hall–Kier alpha value is -1.68. The molecule has 21 heavy (non-hydrogen) atoms. The SMILES string of the molecule is CCc1nn(CC)c(CC(=O)c2cccc(C)c2F)c1Cl. The summed E-state index contributed by atoms with van der Waals surface area (Å²) in [7, 11) is 0. The molecule has 0 unspecified atom stereocenters. The summed E-state index contributed by atoms with van der Waals surface area (Å²) >= 11 is 6.28. The van der Waals surface area contributed by atoms with Gasteiger partial charge in [-0.05, 0) is 31.9 Å². The van der Waals surface area contributed by atoms with Crippen LogP contribution in [0.3, 0.4) is 0 Å². The minimum Gasteiger partial charge on any atom is -0.294 e. The maximum atomic E-state index is 14.0. The summed E-state index contributed by atoms with van der Waals surface area (Å²) in [5.41, 5.74) is 1.99. The summed E-state index contributed by atoms with van der Waals surface area (Å²) in [5, 5.41) is 4.89. The Bertz CT molecular complexity index is 679. The molecular formula is C16H18ClFN2O. The van der Waals surface area contributed by atoms with Crippen LogP contribution in [0.25, 0.3) is 0 Å². The van der Waals surface area contributed by atoms with Gasteiger partial charge < -0.3 is 0 Å². The lowest BCUT2D eigenvalue weighted by atomic mass is 10.0. The van der Waals surface area contributed by atoms with Crippen molar-refractivity contribution in [2.24, 2.45) is 0 Å². The molecule has 0 saturated carbocycles. The molecule has 0 aliphatic heterocycles. The molecule has 0 amide bonds. The topological polar surface area (TPSA) is 34.9 Å². The molecule has 0 fully saturated rings. The second kappa shape index (κ2) is 6.39. The van der Waals surface area contributed by atoms with Crippen LogP contribution in [0.4, 0.5) is 4.39 Å². The molecule has 112 valence electrons. The molecular weight excluding hydrogens is 291 g/mol. The number of halogens is 2. The first-order valence-corrected chi connectivity index (χ1v) is 7.39. The van der Waals surface area contributed by atoms with E-state index in [1.807, 2.05) is 13.8 Å². The molecule has 1 aromatic carbocycles. The highest BCUT2D eigenvalue weighted by atomic mass is 35.5. The number of carbonyl (C=O) groups is 1. The molecule has 0 N–H and O–H groups in total. The van der Waals surface area contributed by atoms with Gasteiger partial charge >= 0.3 is 0 Å². The van der Waals surface area contributed by atoms with Gasteiger partial charge in [-0.3, -0.25) is 9.48 Å². The Morgan fingerprint density at radius 1 is 1.38 bits per heavy atom. The van der Waals surface area contributed by atoms with Gasteiger partial charge in [0.1, 0.15) is 5.82 Å². The van der Waals surface area contributed by atoms with E-state index in [0.717, 1.165) is 5.69 Å². The van der Waals surface area contributed by atoms with E-state index in [4.69, 9.17) is 11.6 Å². The zero-order chi connectivity index (χ0) is 15.6. The van der Waals surface area contributed by atoms with E-state index in [1.165, 1.54) is 6.07 Å². The van der Waals surface area contributed by atoms with Crippen LogP contribution in [-0.4, -0.2) is 15.6 Å². The van der Waals surface area contributed by atoms with Gasteiger partial charge in [-0.25, -0.2) is 4.39 Å². The molecule has 1 heterocycles. The van der Waals surface area contributed by atoms with Crippen LogP contribution in [0.2, 0.25) is 5.02 Å². The summed E-state index contributed by atoms with van der Waals surface area (Å²) in [6.45, 7) is 6.16. The lowest BCUT2D eigenvalue weighted by Gasteiger charge is -2.07. The van der Waals surface area contributed by atoms with Crippen LogP contribution < -0.4 is 0 Å². The van der Waals surface area contributed by atoms with E-state index in [1.54, 1.807) is 23.7 Å². The number of aromatic nitrogens is 2. The molecule has 0 aliphatic rings. The maximum Gasteiger partial charge on any atom is 0.171 e. The predicted molar refractivity (Wildman–Crippen MR) is 81.5 cm³/mol. The second-order valence-corrected chi connectivity index (χ2v) is 5.29. The van der Waals surface area contributed by atoms with Crippen LogP contribution in [0.1, 0.15) is 41.2 Å². The molecule has 0 aliphatic carbocycles. The zero-order valence-corrected chi connectivity index (χ0v) is 13.2. The van der Waals surface area contributed by atoms with E-state index in [9.17, 15) is 9.18 Å². The van der Waals surface area contributed by atoms with Gasteiger partial charge in [0.05, 0.1) is 28.4 Å². The van der Waals surface area contributed by atoms with Gasteiger partial charge in [0.15, 0.2) is 5.78 Å². The van der Waals surface area contributed by atoms with Crippen molar-refractivity contribution in [1.82, 2.24) is 9.78 Å². The van der Waals surface area contributed by atoms with Crippen molar-refractivity contribution in [2.45, 2.75) is 40.2 Å². The fourth-order valence-electron chi connectivity index (χ4n) is 2.30. The number of nitrogens with zero attached hydrogens (tertiary/aromatic N) is 2. The normalized spacial score (nSPS) is 10.9. The number of carbonyl (C=O) groups excluding carboxylic acids is 1. The van der Waals surface area contributed by atoms with Crippen molar-refractivity contribution in [3.63, 3.8) is 0 Å². The molecule has 2 aromatic rings. The smallest absolute Gasteiger partial charge is 0.171 e. The Labute approximate surface area is 128 Å². The predicted octanol–water partition coefficient (Wildman–Crippen LogP) is 3.99.